The molecule has 3 N–H and O–H groups in total. The molecule has 1 saturated carbocycles. The zero-order valence-corrected chi connectivity index (χ0v) is 11.5. The van der Waals surface area contributed by atoms with Crippen molar-refractivity contribution in [3.63, 3.8) is 0 Å². The number of amides is 1. The van der Waals surface area contributed by atoms with Crippen molar-refractivity contribution in [3.05, 3.63) is 29.8 Å². The first-order valence-electron chi connectivity index (χ1n) is 6.34. The van der Waals surface area contributed by atoms with Gasteiger partial charge in [0.15, 0.2) is 0 Å². The largest absolute Gasteiger partial charge is 0.398 e. The Kier molecular flexibility index (Phi) is 5.48. The highest BCUT2D eigenvalue weighted by atomic mass is 35.5. The normalized spacial score (nSPS) is 16.9. The molecule has 0 aliphatic heterocycles. The summed E-state index contributed by atoms with van der Waals surface area (Å²) in [5, 5.41) is 3.06. The van der Waals surface area contributed by atoms with E-state index in [0.29, 0.717) is 17.2 Å². The summed E-state index contributed by atoms with van der Waals surface area (Å²) in [5.41, 5.74) is 6.92. The first-order chi connectivity index (χ1) is 8.18. The summed E-state index contributed by atoms with van der Waals surface area (Å²) in [7, 11) is 0. The number of carbonyl (C=O) groups is 1. The third-order valence-corrected chi connectivity index (χ3v) is 3.67. The number of nitrogen functional groups attached to an aromatic ring is 1. The van der Waals surface area contributed by atoms with Crippen LogP contribution in [-0.2, 0) is 0 Å². The van der Waals surface area contributed by atoms with Crippen LogP contribution in [0.1, 0.15) is 43.0 Å². The molecule has 0 aromatic heterocycles. The van der Waals surface area contributed by atoms with E-state index in [0.717, 1.165) is 0 Å². The number of carbonyl (C=O) groups excluding carboxylic acids is 1. The number of rotatable bonds is 3. The first-order valence-corrected chi connectivity index (χ1v) is 6.34. The number of anilines is 1. The average Bonchev–Trinajstić information content (AvgIpc) is 2.82. The van der Waals surface area contributed by atoms with Crippen LogP contribution >= 0.6 is 12.4 Å². The van der Waals surface area contributed by atoms with E-state index in [1.807, 2.05) is 12.1 Å². The van der Waals surface area contributed by atoms with E-state index in [1.54, 1.807) is 12.1 Å². The van der Waals surface area contributed by atoms with Crippen molar-refractivity contribution in [1.82, 2.24) is 5.32 Å². The van der Waals surface area contributed by atoms with Crippen LogP contribution in [0.5, 0.6) is 0 Å². The minimum absolute atomic E-state index is 0. The maximum absolute atomic E-state index is 12.0. The van der Waals surface area contributed by atoms with E-state index in [9.17, 15) is 4.79 Å². The molecule has 2 rings (SSSR count). The molecule has 1 amide bonds. The van der Waals surface area contributed by atoms with Crippen molar-refractivity contribution in [2.24, 2.45) is 5.92 Å². The summed E-state index contributed by atoms with van der Waals surface area (Å²) in [6.07, 6.45) is 5.04. The molecule has 1 aliphatic carbocycles. The summed E-state index contributed by atoms with van der Waals surface area (Å²) in [6.45, 7) is 2.09. The number of benzene rings is 1. The Bertz CT molecular complexity index is 403. The smallest absolute Gasteiger partial charge is 0.253 e. The maximum atomic E-state index is 12.0. The molecular weight excluding hydrogens is 248 g/mol. The lowest BCUT2D eigenvalue weighted by Gasteiger charge is -2.20. The number of nitrogens with two attached hydrogens (primary N) is 1. The summed E-state index contributed by atoms with van der Waals surface area (Å²) in [4.78, 5) is 12.0. The first kappa shape index (κ1) is 14.8. The SMILES string of the molecule is CC(NC(=O)c1ccccc1N)C1CCCC1.Cl. The molecule has 0 bridgehead atoms. The van der Waals surface area contributed by atoms with Crippen molar-refractivity contribution >= 4 is 24.0 Å². The van der Waals surface area contributed by atoms with Crippen molar-refractivity contribution in [2.75, 3.05) is 5.73 Å². The molecule has 4 heteroatoms. The van der Waals surface area contributed by atoms with Gasteiger partial charge in [-0.3, -0.25) is 4.79 Å². The second kappa shape index (κ2) is 6.64. The van der Waals surface area contributed by atoms with Crippen molar-refractivity contribution in [1.29, 1.82) is 0 Å². The fraction of sp³-hybridized carbons (Fsp3) is 0.500. The van der Waals surface area contributed by atoms with Gasteiger partial charge in [0.1, 0.15) is 0 Å². The monoisotopic (exact) mass is 268 g/mol. The van der Waals surface area contributed by atoms with Crippen LogP contribution in [0.4, 0.5) is 5.69 Å². The molecule has 1 aliphatic rings. The second-order valence-corrected chi connectivity index (χ2v) is 4.89. The quantitative estimate of drug-likeness (QED) is 0.828. The van der Waals surface area contributed by atoms with Crippen LogP contribution in [0.3, 0.4) is 0 Å². The Morgan fingerprint density at radius 3 is 2.56 bits per heavy atom. The zero-order chi connectivity index (χ0) is 12.3. The van der Waals surface area contributed by atoms with E-state index in [2.05, 4.69) is 12.2 Å². The summed E-state index contributed by atoms with van der Waals surface area (Å²) < 4.78 is 0. The molecule has 1 atom stereocenters. The number of nitrogens with one attached hydrogen (secondary N) is 1. The van der Waals surface area contributed by atoms with E-state index in [1.165, 1.54) is 25.7 Å². The van der Waals surface area contributed by atoms with Crippen molar-refractivity contribution in [3.8, 4) is 0 Å². The maximum Gasteiger partial charge on any atom is 0.253 e. The molecular formula is C14H21ClN2O. The van der Waals surface area contributed by atoms with Crippen LogP contribution in [-0.4, -0.2) is 11.9 Å². The van der Waals surface area contributed by atoms with E-state index in [4.69, 9.17) is 5.73 Å². The average molecular weight is 269 g/mol. The predicted molar refractivity (Wildman–Crippen MR) is 77.0 cm³/mol. The predicted octanol–water partition coefficient (Wildman–Crippen LogP) is 3.00. The van der Waals surface area contributed by atoms with Gasteiger partial charge in [-0.1, -0.05) is 25.0 Å². The standard InChI is InChI=1S/C14H20N2O.ClH/c1-10(11-6-2-3-7-11)16-14(17)12-8-4-5-9-13(12)15;/h4-5,8-11H,2-3,6-7,15H2,1H3,(H,16,17);1H. The molecule has 0 spiro atoms. The van der Waals surface area contributed by atoms with E-state index < -0.39 is 0 Å². The van der Waals surface area contributed by atoms with Gasteiger partial charge in [-0.2, -0.15) is 0 Å². The highest BCUT2D eigenvalue weighted by molar-refractivity contribution is 5.99. The Labute approximate surface area is 115 Å². The van der Waals surface area contributed by atoms with Crippen LogP contribution < -0.4 is 11.1 Å². The highest BCUT2D eigenvalue weighted by Gasteiger charge is 2.23. The lowest BCUT2D eigenvalue weighted by molar-refractivity contribution is 0.0928. The highest BCUT2D eigenvalue weighted by Crippen LogP contribution is 2.27. The van der Waals surface area contributed by atoms with Crippen LogP contribution in [0.15, 0.2) is 24.3 Å². The van der Waals surface area contributed by atoms with Gasteiger partial charge in [0.25, 0.3) is 5.91 Å². The van der Waals surface area contributed by atoms with E-state index in [-0.39, 0.29) is 24.4 Å². The van der Waals surface area contributed by atoms with Gasteiger partial charge in [-0.15, -0.1) is 12.4 Å². The minimum Gasteiger partial charge on any atom is -0.398 e. The molecule has 0 radical (unpaired) electrons. The van der Waals surface area contributed by atoms with Gasteiger partial charge in [-0.25, -0.2) is 0 Å². The molecule has 100 valence electrons. The Morgan fingerprint density at radius 1 is 1.33 bits per heavy atom. The number of para-hydroxylation sites is 1. The van der Waals surface area contributed by atoms with Crippen LogP contribution in [0, 0.1) is 5.92 Å². The topological polar surface area (TPSA) is 55.1 Å². The van der Waals surface area contributed by atoms with Gasteiger partial charge in [0, 0.05) is 11.7 Å². The van der Waals surface area contributed by atoms with Crippen LogP contribution in [0.25, 0.3) is 0 Å². The minimum atomic E-state index is -0.0532. The molecule has 0 saturated heterocycles. The Morgan fingerprint density at radius 2 is 1.94 bits per heavy atom. The number of halogens is 1. The third kappa shape index (κ3) is 3.39. The molecule has 18 heavy (non-hydrogen) atoms. The molecule has 1 fully saturated rings. The van der Waals surface area contributed by atoms with Gasteiger partial charge < -0.3 is 11.1 Å². The van der Waals surface area contributed by atoms with Gasteiger partial charge >= 0.3 is 0 Å². The van der Waals surface area contributed by atoms with Crippen LogP contribution in [0.2, 0.25) is 0 Å². The molecule has 1 unspecified atom stereocenters. The number of hydrogen-bond acceptors (Lipinski definition) is 2. The van der Waals surface area contributed by atoms with Crippen molar-refractivity contribution < 1.29 is 4.79 Å². The third-order valence-electron chi connectivity index (χ3n) is 3.67. The van der Waals surface area contributed by atoms with Gasteiger partial charge in [0.2, 0.25) is 0 Å². The lowest BCUT2D eigenvalue weighted by Crippen LogP contribution is -2.37. The molecule has 1 aromatic rings. The fourth-order valence-corrected chi connectivity index (χ4v) is 2.56. The summed E-state index contributed by atoms with van der Waals surface area (Å²) >= 11 is 0. The van der Waals surface area contributed by atoms with Gasteiger partial charge in [-0.05, 0) is 37.8 Å². The Balaban J connectivity index is 0.00000162. The summed E-state index contributed by atoms with van der Waals surface area (Å²) in [5.74, 6) is 0.575. The van der Waals surface area contributed by atoms with E-state index >= 15 is 0 Å². The number of hydrogen-bond donors (Lipinski definition) is 2. The zero-order valence-electron chi connectivity index (χ0n) is 10.7. The summed E-state index contributed by atoms with van der Waals surface area (Å²) in [6, 6.07) is 7.45. The molecule has 0 heterocycles. The Hall–Kier alpha value is -1.22. The fourth-order valence-electron chi connectivity index (χ4n) is 2.56. The molecule has 1 aromatic carbocycles. The second-order valence-electron chi connectivity index (χ2n) is 4.89. The lowest BCUT2D eigenvalue weighted by atomic mass is 9.99. The van der Waals surface area contributed by atoms with Gasteiger partial charge in [0.05, 0.1) is 5.56 Å². The molecule has 3 nitrogen and oxygen atoms in total. The van der Waals surface area contributed by atoms with Crippen molar-refractivity contribution in [2.45, 2.75) is 38.6 Å².